The molecule has 0 bridgehead atoms. The number of hydrogen-bond acceptors (Lipinski definition) is 5. The van der Waals surface area contributed by atoms with E-state index in [0.717, 1.165) is 0 Å². The molecular weight excluding hydrogens is 214 g/mol. The quantitative estimate of drug-likeness (QED) is 0.431. The molecule has 0 spiro atoms. The zero-order valence-corrected chi connectivity index (χ0v) is 9.29. The summed E-state index contributed by atoms with van der Waals surface area (Å²) < 4.78 is 4.81. The molecule has 0 fully saturated rings. The molecule has 1 amide bonds. The minimum atomic E-state index is -0.0375. The average Bonchev–Trinajstić information content (AvgIpc) is 2.28. The fourth-order valence-electron chi connectivity index (χ4n) is 0.834. The molecule has 5 nitrogen and oxygen atoms in total. The zero-order valence-electron chi connectivity index (χ0n) is 8.47. The molecule has 15 heavy (non-hydrogen) atoms. The molecule has 0 unspecified atom stereocenters. The fourth-order valence-corrected chi connectivity index (χ4v) is 1.47. The smallest absolute Gasteiger partial charge is 0.230 e. The number of amides is 1. The van der Waals surface area contributed by atoms with Crippen LogP contribution in [0.25, 0.3) is 0 Å². The van der Waals surface area contributed by atoms with Crippen molar-refractivity contribution in [1.82, 2.24) is 15.3 Å². The minimum Gasteiger partial charge on any atom is -0.383 e. The van der Waals surface area contributed by atoms with Crippen molar-refractivity contribution in [2.24, 2.45) is 0 Å². The van der Waals surface area contributed by atoms with Crippen molar-refractivity contribution < 1.29 is 9.53 Å². The van der Waals surface area contributed by atoms with Crippen LogP contribution in [0.1, 0.15) is 0 Å². The number of carbonyl (C=O) groups is 1. The van der Waals surface area contributed by atoms with E-state index >= 15 is 0 Å². The number of ether oxygens (including phenoxy) is 1. The second-order valence-corrected chi connectivity index (χ2v) is 3.61. The lowest BCUT2D eigenvalue weighted by atomic mass is 10.6. The van der Waals surface area contributed by atoms with Crippen LogP contribution in [0.4, 0.5) is 0 Å². The molecule has 1 heterocycles. The Hall–Kier alpha value is -1.14. The first kappa shape index (κ1) is 11.9. The predicted octanol–water partition coefficient (Wildman–Crippen LogP) is 0.331. The van der Waals surface area contributed by atoms with Crippen LogP contribution in [0.15, 0.2) is 23.6 Å². The Bertz CT molecular complexity index is 295. The topological polar surface area (TPSA) is 64.1 Å². The van der Waals surface area contributed by atoms with Gasteiger partial charge in [0.2, 0.25) is 5.91 Å². The minimum absolute atomic E-state index is 0.0375. The molecule has 0 saturated carbocycles. The summed E-state index contributed by atoms with van der Waals surface area (Å²) in [4.78, 5) is 19.2. The zero-order chi connectivity index (χ0) is 10.9. The van der Waals surface area contributed by atoms with Gasteiger partial charge in [-0.25, -0.2) is 9.97 Å². The van der Waals surface area contributed by atoms with E-state index in [1.54, 1.807) is 25.6 Å². The maximum atomic E-state index is 11.2. The number of nitrogens with zero attached hydrogens (tertiary/aromatic N) is 2. The van der Waals surface area contributed by atoms with E-state index in [-0.39, 0.29) is 5.91 Å². The molecule has 0 aromatic carbocycles. The van der Waals surface area contributed by atoms with Gasteiger partial charge in [0, 0.05) is 26.0 Å². The normalized spacial score (nSPS) is 9.93. The molecule has 82 valence electrons. The van der Waals surface area contributed by atoms with Crippen molar-refractivity contribution in [2.75, 3.05) is 26.0 Å². The van der Waals surface area contributed by atoms with Crippen LogP contribution in [0.5, 0.6) is 0 Å². The van der Waals surface area contributed by atoms with Gasteiger partial charge in [-0.05, 0) is 6.07 Å². The van der Waals surface area contributed by atoms with E-state index in [2.05, 4.69) is 15.3 Å². The summed E-state index contributed by atoms with van der Waals surface area (Å²) in [5.74, 6) is 0.290. The van der Waals surface area contributed by atoms with Gasteiger partial charge in [-0.15, -0.1) is 0 Å². The number of nitrogens with one attached hydrogen (secondary N) is 1. The summed E-state index contributed by atoms with van der Waals surface area (Å²) in [5.41, 5.74) is 0. The van der Waals surface area contributed by atoms with Gasteiger partial charge in [-0.1, -0.05) is 11.8 Å². The Morgan fingerprint density at radius 1 is 1.53 bits per heavy atom. The van der Waals surface area contributed by atoms with Crippen molar-refractivity contribution >= 4 is 17.7 Å². The summed E-state index contributed by atoms with van der Waals surface area (Å²) in [7, 11) is 1.60. The standard InChI is InChI=1S/C9H13N3O2S/c1-14-6-5-10-8(13)7-15-9-11-3-2-4-12-9/h2-4H,5-7H2,1H3,(H,10,13). The lowest BCUT2D eigenvalue weighted by molar-refractivity contribution is -0.118. The van der Waals surface area contributed by atoms with E-state index < -0.39 is 0 Å². The first-order valence-electron chi connectivity index (χ1n) is 4.48. The van der Waals surface area contributed by atoms with Gasteiger partial charge >= 0.3 is 0 Å². The number of aromatic nitrogens is 2. The van der Waals surface area contributed by atoms with Crippen LogP contribution in [0, 0.1) is 0 Å². The summed E-state index contributed by atoms with van der Waals surface area (Å²) in [6.45, 7) is 1.06. The Balaban J connectivity index is 2.17. The molecular formula is C9H13N3O2S. The molecule has 0 atom stereocenters. The molecule has 0 aliphatic heterocycles. The second-order valence-electron chi connectivity index (χ2n) is 2.66. The van der Waals surface area contributed by atoms with Crippen LogP contribution >= 0.6 is 11.8 Å². The Morgan fingerprint density at radius 3 is 2.93 bits per heavy atom. The highest BCUT2D eigenvalue weighted by Gasteiger charge is 2.02. The van der Waals surface area contributed by atoms with Crippen LogP contribution in [0.3, 0.4) is 0 Å². The van der Waals surface area contributed by atoms with Gasteiger partial charge < -0.3 is 10.1 Å². The van der Waals surface area contributed by atoms with E-state index in [0.29, 0.717) is 24.1 Å². The predicted molar refractivity (Wildman–Crippen MR) is 57.6 cm³/mol. The van der Waals surface area contributed by atoms with Crippen LogP contribution in [-0.2, 0) is 9.53 Å². The number of rotatable bonds is 6. The SMILES string of the molecule is COCCNC(=O)CSc1ncccn1. The number of hydrogen-bond donors (Lipinski definition) is 1. The van der Waals surface area contributed by atoms with Gasteiger partial charge in [0.25, 0.3) is 0 Å². The summed E-state index contributed by atoms with van der Waals surface area (Å²) in [6.07, 6.45) is 3.30. The lowest BCUT2D eigenvalue weighted by Gasteiger charge is -2.02. The van der Waals surface area contributed by atoms with Gasteiger partial charge in [0.1, 0.15) is 0 Å². The van der Waals surface area contributed by atoms with E-state index in [4.69, 9.17) is 4.74 Å². The summed E-state index contributed by atoms with van der Waals surface area (Å²) in [6, 6.07) is 1.74. The Morgan fingerprint density at radius 2 is 2.27 bits per heavy atom. The fraction of sp³-hybridized carbons (Fsp3) is 0.444. The van der Waals surface area contributed by atoms with Gasteiger partial charge in [-0.2, -0.15) is 0 Å². The summed E-state index contributed by atoms with van der Waals surface area (Å²) >= 11 is 1.31. The Kier molecular flexibility index (Phi) is 5.72. The molecule has 1 N–H and O–H groups in total. The van der Waals surface area contributed by atoms with E-state index in [1.165, 1.54) is 11.8 Å². The van der Waals surface area contributed by atoms with Crippen LogP contribution in [-0.4, -0.2) is 41.9 Å². The van der Waals surface area contributed by atoms with Crippen molar-refractivity contribution in [3.8, 4) is 0 Å². The molecule has 1 aromatic rings. The van der Waals surface area contributed by atoms with Crippen LogP contribution in [0.2, 0.25) is 0 Å². The third-order valence-corrected chi connectivity index (χ3v) is 2.38. The van der Waals surface area contributed by atoms with Gasteiger partial charge in [-0.3, -0.25) is 4.79 Å². The first-order chi connectivity index (χ1) is 7.33. The molecule has 0 aliphatic rings. The lowest BCUT2D eigenvalue weighted by Crippen LogP contribution is -2.28. The molecule has 6 heteroatoms. The summed E-state index contributed by atoms with van der Waals surface area (Å²) in [5, 5.41) is 3.32. The molecule has 1 rings (SSSR count). The highest BCUT2D eigenvalue weighted by atomic mass is 32.2. The van der Waals surface area contributed by atoms with Crippen molar-refractivity contribution in [2.45, 2.75) is 5.16 Å². The van der Waals surface area contributed by atoms with E-state index in [1.807, 2.05) is 0 Å². The largest absolute Gasteiger partial charge is 0.383 e. The Labute approximate surface area is 92.6 Å². The third-order valence-electron chi connectivity index (χ3n) is 1.50. The van der Waals surface area contributed by atoms with Gasteiger partial charge in [0.15, 0.2) is 5.16 Å². The number of methoxy groups -OCH3 is 1. The van der Waals surface area contributed by atoms with Gasteiger partial charge in [0.05, 0.1) is 12.4 Å². The number of thioether (sulfide) groups is 1. The second kappa shape index (κ2) is 7.19. The monoisotopic (exact) mass is 227 g/mol. The number of carbonyl (C=O) groups excluding carboxylic acids is 1. The highest BCUT2D eigenvalue weighted by molar-refractivity contribution is 7.99. The van der Waals surface area contributed by atoms with E-state index in [9.17, 15) is 4.79 Å². The molecule has 0 radical (unpaired) electrons. The van der Waals surface area contributed by atoms with Crippen molar-refractivity contribution in [3.63, 3.8) is 0 Å². The average molecular weight is 227 g/mol. The van der Waals surface area contributed by atoms with Crippen LogP contribution < -0.4 is 5.32 Å². The maximum Gasteiger partial charge on any atom is 0.230 e. The van der Waals surface area contributed by atoms with Crippen molar-refractivity contribution in [1.29, 1.82) is 0 Å². The maximum absolute atomic E-state index is 11.2. The first-order valence-corrected chi connectivity index (χ1v) is 5.47. The third kappa shape index (κ3) is 5.34. The molecule has 0 aliphatic carbocycles. The van der Waals surface area contributed by atoms with Crippen molar-refractivity contribution in [3.05, 3.63) is 18.5 Å². The molecule has 1 aromatic heterocycles. The highest BCUT2D eigenvalue weighted by Crippen LogP contribution is 2.09. The molecule has 0 saturated heterocycles.